The molecular formula is C31H49NO8. The monoisotopic (exact) mass is 563 g/mol. The third-order valence-electron chi connectivity index (χ3n) is 7.42. The third kappa shape index (κ3) is 11.3. The van der Waals surface area contributed by atoms with E-state index in [0.717, 1.165) is 6.42 Å². The van der Waals surface area contributed by atoms with Crippen molar-refractivity contribution in [1.29, 1.82) is 0 Å². The van der Waals surface area contributed by atoms with Gasteiger partial charge in [-0.05, 0) is 55.7 Å². The Morgan fingerprint density at radius 3 is 1.73 bits per heavy atom. The highest BCUT2D eigenvalue weighted by atomic mass is 16.6. The normalized spacial score (nSPS) is 15.9. The molecule has 40 heavy (non-hydrogen) atoms. The number of esters is 4. The van der Waals surface area contributed by atoms with Crippen LogP contribution in [0.25, 0.3) is 0 Å². The van der Waals surface area contributed by atoms with Gasteiger partial charge in [0, 0.05) is 6.42 Å². The fourth-order valence-corrected chi connectivity index (χ4v) is 3.27. The van der Waals surface area contributed by atoms with Gasteiger partial charge in [-0.25, -0.2) is 0 Å². The van der Waals surface area contributed by atoms with Gasteiger partial charge >= 0.3 is 23.9 Å². The number of hydrogen-bond acceptors (Lipinski definition) is 9. The fourth-order valence-electron chi connectivity index (χ4n) is 3.27. The van der Waals surface area contributed by atoms with Gasteiger partial charge in [-0.2, -0.15) is 0 Å². The van der Waals surface area contributed by atoms with Crippen molar-refractivity contribution in [1.82, 2.24) is 0 Å². The third-order valence-corrected chi connectivity index (χ3v) is 7.42. The van der Waals surface area contributed by atoms with Crippen molar-refractivity contribution in [2.45, 2.75) is 107 Å². The molecule has 0 aliphatic carbocycles. The second kappa shape index (κ2) is 16.4. The number of ether oxygens (including phenoxy) is 4. The van der Waals surface area contributed by atoms with Gasteiger partial charge in [0.15, 0.2) is 11.5 Å². The standard InChI is InChI=1S/C31H49NO8/c1-11-19(6)14-28(33)37-22(9)23(10)38-31(36)25(32)15-24-12-13-26(39-29(34)20(7)17(2)3)27(16-24)40-30(35)21(8)18(4)5/h12-13,16-23,25H,11,14-15,32H2,1-10H3/t19?,20?,21?,22-,23-,25-/m0/s1. The summed E-state index contributed by atoms with van der Waals surface area (Å²) in [7, 11) is 0. The van der Waals surface area contributed by atoms with E-state index in [4.69, 9.17) is 24.7 Å². The Labute approximate surface area is 239 Å². The molecule has 9 heteroatoms. The predicted molar refractivity (Wildman–Crippen MR) is 153 cm³/mol. The molecule has 3 unspecified atom stereocenters. The zero-order chi connectivity index (χ0) is 30.7. The van der Waals surface area contributed by atoms with Gasteiger partial charge in [0.1, 0.15) is 18.2 Å². The summed E-state index contributed by atoms with van der Waals surface area (Å²) in [4.78, 5) is 50.1. The maximum absolute atomic E-state index is 12.7. The minimum atomic E-state index is -1.03. The van der Waals surface area contributed by atoms with Crippen LogP contribution in [0.2, 0.25) is 0 Å². The van der Waals surface area contributed by atoms with Crippen LogP contribution in [0.5, 0.6) is 11.5 Å². The number of hydrogen-bond donors (Lipinski definition) is 1. The molecule has 0 amide bonds. The van der Waals surface area contributed by atoms with Crippen LogP contribution in [0.3, 0.4) is 0 Å². The molecule has 0 aromatic heterocycles. The summed E-state index contributed by atoms with van der Waals surface area (Å²) in [6, 6.07) is 3.70. The maximum atomic E-state index is 12.7. The number of nitrogens with two attached hydrogens (primary N) is 1. The zero-order valence-electron chi connectivity index (χ0n) is 25.8. The number of carbonyl (C=O) groups is 4. The lowest BCUT2D eigenvalue weighted by molar-refractivity contribution is -0.166. The summed E-state index contributed by atoms with van der Waals surface area (Å²) in [5, 5.41) is 0. The van der Waals surface area contributed by atoms with E-state index in [1.807, 2.05) is 41.5 Å². The molecule has 0 spiro atoms. The molecule has 0 aliphatic heterocycles. The van der Waals surface area contributed by atoms with Crippen LogP contribution in [0.1, 0.15) is 87.6 Å². The van der Waals surface area contributed by atoms with E-state index in [9.17, 15) is 19.2 Å². The first-order valence-corrected chi connectivity index (χ1v) is 14.3. The van der Waals surface area contributed by atoms with Crippen LogP contribution in [-0.4, -0.2) is 42.1 Å². The van der Waals surface area contributed by atoms with Gasteiger partial charge in [0.2, 0.25) is 0 Å². The highest BCUT2D eigenvalue weighted by Crippen LogP contribution is 2.31. The molecule has 1 aromatic carbocycles. The van der Waals surface area contributed by atoms with Crippen LogP contribution in [0, 0.1) is 29.6 Å². The molecule has 0 saturated carbocycles. The van der Waals surface area contributed by atoms with Crippen molar-refractivity contribution >= 4 is 23.9 Å². The average molecular weight is 564 g/mol. The largest absolute Gasteiger partial charge is 0.459 e. The second-order valence-electron chi connectivity index (χ2n) is 11.6. The summed E-state index contributed by atoms with van der Waals surface area (Å²) in [6.07, 6.45) is -0.0941. The molecule has 1 rings (SSSR count). The van der Waals surface area contributed by atoms with Crippen molar-refractivity contribution in [2.75, 3.05) is 0 Å². The summed E-state index contributed by atoms with van der Waals surface area (Å²) in [5.41, 5.74) is 6.72. The second-order valence-corrected chi connectivity index (χ2v) is 11.6. The van der Waals surface area contributed by atoms with E-state index in [1.165, 1.54) is 6.07 Å². The Kier molecular flexibility index (Phi) is 14.3. The first-order valence-electron chi connectivity index (χ1n) is 14.3. The fraction of sp³-hybridized carbons (Fsp3) is 0.677. The molecule has 0 aliphatic rings. The van der Waals surface area contributed by atoms with E-state index < -0.39 is 36.2 Å². The Morgan fingerprint density at radius 2 is 1.23 bits per heavy atom. The van der Waals surface area contributed by atoms with Crippen molar-refractivity contribution in [3.8, 4) is 11.5 Å². The van der Waals surface area contributed by atoms with Crippen molar-refractivity contribution in [3.63, 3.8) is 0 Å². The maximum Gasteiger partial charge on any atom is 0.323 e. The molecule has 2 N–H and O–H groups in total. The quantitative estimate of drug-likeness (QED) is 0.224. The summed E-state index contributed by atoms with van der Waals surface area (Å²) in [5.74, 6) is -2.14. The molecular weight excluding hydrogens is 514 g/mol. The summed E-state index contributed by atoms with van der Waals surface area (Å²) in [6.45, 7) is 18.5. The lowest BCUT2D eigenvalue weighted by Gasteiger charge is -2.23. The minimum Gasteiger partial charge on any atom is -0.459 e. The van der Waals surface area contributed by atoms with Crippen LogP contribution >= 0.6 is 0 Å². The van der Waals surface area contributed by atoms with E-state index in [1.54, 1.807) is 39.8 Å². The average Bonchev–Trinajstić information content (AvgIpc) is 2.88. The molecule has 0 heterocycles. The Balaban J connectivity index is 3.00. The minimum absolute atomic E-state index is 0.0459. The lowest BCUT2D eigenvalue weighted by atomic mass is 9.98. The predicted octanol–water partition coefficient (Wildman–Crippen LogP) is 5.25. The Bertz CT molecular complexity index is 1010. The molecule has 1 aromatic rings. The van der Waals surface area contributed by atoms with Crippen LogP contribution in [0.15, 0.2) is 18.2 Å². The SMILES string of the molecule is CCC(C)CC(=O)O[C@@H](C)[C@H](C)OC(=O)[C@@H](N)Cc1ccc(OC(=O)C(C)C(C)C)c(OC(=O)C(C)C(C)C)c1. The topological polar surface area (TPSA) is 131 Å². The number of benzene rings is 1. The summed E-state index contributed by atoms with van der Waals surface area (Å²) < 4.78 is 22.1. The van der Waals surface area contributed by atoms with Crippen molar-refractivity contribution in [2.24, 2.45) is 35.3 Å². The molecule has 0 radical (unpaired) electrons. The highest BCUT2D eigenvalue weighted by molar-refractivity contribution is 5.79. The Hall–Kier alpha value is -2.94. The van der Waals surface area contributed by atoms with Gasteiger partial charge in [0.05, 0.1) is 11.8 Å². The summed E-state index contributed by atoms with van der Waals surface area (Å²) >= 11 is 0. The van der Waals surface area contributed by atoms with Crippen molar-refractivity contribution in [3.05, 3.63) is 23.8 Å². The van der Waals surface area contributed by atoms with E-state index in [0.29, 0.717) is 12.0 Å². The smallest absolute Gasteiger partial charge is 0.323 e. The first kappa shape index (κ1) is 35.1. The molecule has 0 fully saturated rings. The molecule has 6 atom stereocenters. The van der Waals surface area contributed by atoms with Gasteiger partial charge in [-0.15, -0.1) is 0 Å². The van der Waals surface area contributed by atoms with Crippen LogP contribution in [0.4, 0.5) is 0 Å². The van der Waals surface area contributed by atoms with E-state index in [-0.39, 0.29) is 53.5 Å². The van der Waals surface area contributed by atoms with Crippen molar-refractivity contribution < 1.29 is 38.1 Å². The van der Waals surface area contributed by atoms with Gasteiger partial charge in [-0.1, -0.05) is 67.9 Å². The number of rotatable bonds is 15. The first-order chi connectivity index (χ1) is 18.6. The van der Waals surface area contributed by atoms with Crippen LogP contribution < -0.4 is 15.2 Å². The Morgan fingerprint density at radius 1 is 0.725 bits per heavy atom. The lowest BCUT2D eigenvalue weighted by Crippen LogP contribution is -2.39. The molecule has 0 bridgehead atoms. The van der Waals surface area contributed by atoms with Gasteiger partial charge in [0.25, 0.3) is 0 Å². The van der Waals surface area contributed by atoms with E-state index >= 15 is 0 Å². The zero-order valence-corrected chi connectivity index (χ0v) is 25.8. The highest BCUT2D eigenvalue weighted by Gasteiger charge is 2.27. The molecule has 226 valence electrons. The molecule has 0 saturated heterocycles. The van der Waals surface area contributed by atoms with Crippen LogP contribution in [-0.2, 0) is 35.1 Å². The van der Waals surface area contributed by atoms with Gasteiger partial charge < -0.3 is 24.7 Å². The van der Waals surface area contributed by atoms with Gasteiger partial charge in [-0.3, -0.25) is 19.2 Å². The number of carbonyl (C=O) groups excluding carboxylic acids is 4. The van der Waals surface area contributed by atoms with E-state index in [2.05, 4.69) is 0 Å². The molecule has 9 nitrogen and oxygen atoms in total.